The molecule has 2 fully saturated rings. The lowest BCUT2D eigenvalue weighted by atomic mass is 9.77. The van der Waals surface area contributed by atoms with E-state index in [1.54, 1.807) is 0 Å². The molecule has 1 aromatic carbocycles. The van der Waals surface area contributed by atoms with Crippen LogP contribution >= 0.6 is 0 Å². The Morgan fingerprint density at radius 1 is 1.26 bits per heavy atom. The van der Waals surface area contributed by atoms with Crippen molar-refractivity contribution in [3.63, 3.8) is 0 Å². The second-order valence-electron chi connectivity index (χ2n) is 6.20. The minimum Gasteiger partial charge on any atom is -0.493 e. The quantitative estimate of drug-likeness (QED) is 0.897. The maximum Gasteiger partial charge on any atom is 0.122 e. The molecule has 0 spiro atoms. The van der Waals surface area contributed by atoms with Crippen LogP contribution in [-0.4, -0.2) is 32.4 Å². The largest absolute Gasteiger partial charge is 0.493 e. The number of rotatable bonds is 4. The van der Waals surface area contributed by atoms with Crippen LogP contribution in [0.5, 0.6) is 5.75 Å². The van der Waals surface area contributed by atoms with E-state index in [9.17, 15) is 0 Å². The van der Waals surface area contributed by atoms with Crippen molar-refractivity contribution in [2.75, 3.05) is 26.4 Å². The third kappa shape index (κ3) is 2.15. The molecule has 102 valence electrons. The van der Waals surface area contributed by atoms with Gasteiger partial charge in [0.15, 0.2) is 0 Å². The Kier molecular flexibility index (Phi) is 2.78. The van der Waals surface area contributed by atoms with Crippen LogP contribution in [0.2, 0.25) is 0 Å². The lowest BCUT2D eigenvalue weighted by Crippen LogP contribution is -2.53. The van der Waals surface area contributed by atoms with Gasteiger partial charge < -0.3 is 14.8 Å². The lowest BCUT2D eigenvalue weighted by Gasteiger charge is -2.42. The first-order valence-corrected chi connectivity index (χ1v) is 7.43. The van der Waals surface area contributed by atoms with Crippen molar-refractivity contribution >= 4 is 0 Å². The van der Waals surface area contributed by atoms with Crippen molar-refractivity contribution < 1.29 is 9.47 Å². The zero-order chi connectivity index (χ0) is 12.7. The van der Waals surface area contributed by atoms with E-state index in [2.05, 4.69) is 23.5 Å². The fourth-order valence-electron chi connectivity index (χ4n) is 3.04. The molecule has 1 saturated carbocycles. The Hall–Kier alpha value is -1.06. The Bertz CT molecular complexity index is 478. The highest BCUT2D eigenvalue weighted by Gasteiger charge is 2.41. The minimum atomic E-state index is 0.203. The third-order valence-corrected chi connectivity index (χ3v) is 4.58. The summed E-state index contributed by atoms with van der Waals surface area (Å²) in [6.45, 7) is 3.62. The van der Waals surface area contributed by atoms with Crippen LogP contribution in [-0.2, 0) is 16.6 Å². The Balaban J connectivity index is 1.58. The first kappa shape index (κ1) is 11.7. The summed E-state index contributed by atoms with van der Waals surface area (Å²) in [5, 5.41) is 3.67. The Labute approximate surface area is 114 Å². The predicted molar refractivity (Wildman–Crippen MR) is 73.8 cm³/mol. The molecule has 0 bridgehead atoms. The molecule has 1 aromatic rings. The van der Waals surface area contributed by atoms with Gasteiger partial charge >= 0.3 is 0 Å². The van der Waals surface area contributed by atoms with Crippen LogP contribution in [0.25, 0.3) is 0 Å². The van der Waals surface area contributed by atoms with Gasteiger partial charge in [-0.1, -0.05) is 12.1 Å². The van der Waals surface area contributed by atoms with Crippen LogP contribution < -0.4 is 10.1 Å². The van der Waals surface area contributed by atoms with Gasteiger partial charge in [0.2, 0.25) is 0 Å². The summed E-state index contributed by atoms with van der Waals surface area (Å²) >= 11 is 0. The standard InChI is InChI=1S/C16H21NO2/c1-2-12-8-13(3-6-15(12)19-7-1)16(10-18-11-16)9-17-14-4-5-14/h3,6,8,14,17H,1-2,4-5,7,9-11H2. The summed E-state index contributed by atoms with van der Waals surface area (Å²) in [7, 11) is 0. The highest BCUT2D eigenvalue weighted by atomic mass is 16.5. The lowest BCUT2D eigenvalue weighted by molar-refractivity contribution is -0.0592. The second kappa shape index (κ2) is 4.50. The van der Waals surface area contributed by atoms with Gasteiger partial charge in [-0.2, -0.15) is 0 Å². The maximum atomic E-state index is 5.70. The predicted octanol–water partition coefficient (Wildman–Crippen LogP) is 2.03. The van der Waals surface area contributed by atoms with Crippen molar-refractivity contribution in [2.24, 2.45) is 0 Å². The molecule has 0 amide bonds. The van der Waals surface area contributed by atoms with E-state index in [-0.39, 0.29) is 5.41 Å². The summed E-state index contributed by atoms with van der Waals surface area (Å²) < 4.78 is 11.2. The van der Waals surface area contributed by atoms with Crippen LogP contribution in [0, 0.1) is 0 Å². The molecule has 1 aliphatic carbocycles. The molecule has 0 radical (unpaired) electrons. The van der Waals surface area contributed by atoms with Gasteiger partial charge in [-0.05, 0) is 42.9 Å². The van der Waals surface area contributed by atoms with Gasteiger partial charge in [-0.3, -0.25) is 0 Å². The van der Waals surface area contributed by atoms with Gasteiger partial charge in [0.25, 0.3) is 0 Å². The molecular formula is C16H21NO2. The number of hydrogen-bond donors (Lipinski definition) is 1. The van der Waals surface area contributed by atoms with Gasteiger partial charge in [-0.25, -0.2) is 0 Å². The fourth-order valence-corrected chi connectivity index (χ4v) is 3.04. The smallest absolute Gasteiger partial charge is 0.122 e. The number of benzene rings is 1. The SMILES string of the molecule is c1cc2c(cc1C1(CNC3CC3)COC1)CCCO2. The highest BCUT2D eigenvalue weighted by molar-refractivity contribution is 5.42. The molecule has 3 aliphatic rings. The van der Waals surface area contributed by atoms with Crippen molar-refractivity contribution in [3.8, 4) is 5.75 Å². The zero-order valence-electron chi connectivity index (χ0n) is 11.3. The van der Waals surface area contributed by atoms with Crippen molar-refractivity contribution in [1.29, 1.82) is 0 Å². The van der Waals surface area contributed by atoms with E-state index in [0.717, 1.165) is 51.0 Å². The fraction of sp³-hybridized carbons (Fsp3) is 0.625. The minimum absolute atomic E-state index is 0.203. The van der Waals surface area contributed by atoms with E-state index < -0.39 is 0 Å². The zero-order valence-corrected chi connectivity index (χ0v) is 11.3. The van der Waals surface area contributed by atoms with Crippen LogP contribution in [0.1, 0.15) is 30.4 Å². The molecule has 2 heterocycles. The average Bonchev–Trinajstić information content (AvgIpc) is 3.21. The number of hydrogen-bond acceptors (Lipinski definition) is 3. The molecule has 3 heteroatoms. The molecule has 1 N–H and O–H groups in total. The summed E-state index contributed by atoms with van der Waals surface area (Å²) in [4.78, 5) is 0. The van der Waals surface area contributed by atoms with Crippen LogP contribution in [0.3, 0.4) is 0 Å². The average molecular weight is 259 g/mol. The number of nitrogens with one attached hydrogen (secondary N) is 1. The van der Waals surface area contributed by atoms with Crippen molar-refractivity contribution in [1.82, 2.24) is 5.32 Å². The van der Waals surface area contributed by atoms with Gasteiger partial charge in [0, 0.05) is 12.6 Å². The molecule has 3 nitrogen and oxygen atoms in total. The van der Waals surface area contributed by atoms with Gasteiger partial charge in [0.05, 0.1) is 25.2 Å². The molecule has 2 aliphatic heterocycles. The van der Waals surface area contributed by atoms with E-state index in [1.165, 1.54) is 24.0 Å². The van der Waals surface area contributed by atoms with E-state index >= 15 is 0 Å². The Morgan fingerprint density at radius 3 is 2.89 bits per heavy atom. The van der Waals surface area contributed by atoms with Gasteiger partial charge in [0.1, 0.15) is 5.75 Å². The van der Waals surface area contributed by atoms with Crippen LogP contribution in [0.4, 0.5) is 0 Å². The molecule has 0 unspecified atom stereocenters. The van der Waals surface area contributed by atoms with Crippen molar-refractivity contribution in [3.05, 3.63) is 29.3 Å². The van der Waals surface area contributed by atoms with Gasteiger partial charge in [-0.15, -0.1) is 0 Å². The van der Waals surface area contributed by atoms with Crippen LogP contribution in [0.15, 0.2) is 18.2 Å². The molecular weight excluding hydrogens is 238 g/mol. The molecule has 4 rings (SSSR count). The first-order chi connectivity index (χ1) is 9.36. The van der Waals surface area contributed by atoms with E-state index in [1.807, 2.05) is 0 Å². The molecule has 19 heavy (non-hydrogen) atoms. The number of aryl methyl sites for hydroxylation is 1. The molecule has 1 saturated heterocycles. The second-order valence-corrected chi connectivity index (χ2v) is 6.20. The monoisotopic (exact) mass is 259 g/mol. The summed E-state index contributed by atoms with van der Waals surface area (Å²) in [6.07, 6.45) is 4.97. The summed E-state index contributed by atoms with van der Waals surface area (Å²) in [6, 6.07) is 7.51. The van der Waals surface area contributed by atoms with Crippen molar-refractivity contribution in [2.45, 2.75) is 37.1 Å². The molecule has 0 atom stereocenters. The van der Waals surface area contributed by atoms with E-state index in [0.29, 0.717) is 0 Å². The summed E-state index contributed by atoms with van der Waals surface area (Å²) in [5.74, 6) is 1.08. The topological polar surface area (TPSA) is 30.5 Å². The third-order valence-electron chi connectivity index (χ3n) is 4.58. The number of fused-ring (bicyclic) bond motifs is 1. The normalized spacial score (nSPS) is 24.2. The van der Waals surface area contributed by atoms with E-state index in [4.69, 9.17) is 9.47 Å². The summed E-state index contributed by atoms with van der Waals surface area (Å²) in [5.41, 5.74) is 3.01. The number of ether oxygens (including phenoxy) is 2. The first-order valence-electron chi connectivity index (χ1n) is 7.43. The highest BCUT2D eigenvalue weighted by Crippen LogP contribution is 2.36. The Morgan fingerprint density at radius 2 is 2.16 bits per heavy atom. The molecule has 0 aromatic heterocycles. The maximum absolute atomic E-state index is 5.70.